The van der Waals surface area contributed by atoms with Gasteiger partial charge in [0.25, 0.3) is 0 Å². The van der Waals surface area contributed by atoms with Crippen molar-refractivity contribution in [2.45, 2.75) is 12.8 Å². The number of ether oxygens (including phenoxy) is 1. The van der Waals surface area contributed by atoms with Crippen molar-refractivity contribution in [3.05, 3.63) is 34.8 Å². The van der Waals surface area contributed by atoms with Gasteiger partial charge in [-0.2, -0.15) is 0 Å². The normalized spacial score (nSPS) is 20.7. The molecule has 2 aromatic heterocycles. The number of fused-ring (bicyclic) bond motifs is 1. The standard InChI is InChI=1S/C12H13BrN2O/c13-11-3-1-2-10-7-14-12(15(10)11)6-9-4-5-16-8-9/h1-3,7,9H,4-6,8H2. The molecule has 3 heterocycles. The Hall–Kier alpha value is -0.870. The van der Waals surface area contributed by atoms with Crippen LogP contribution >= 0.6 is 15.9 Å². The maximum Gasteiger partial charge on any atom is 0.114 e. The van der Waals surface area contributed by atoms with Crippen LogP contribution in [0.5, 0.6) is 0 Å². The second-order valence-electron chi connectivity index (χ2n) is 4.22. The summed E-state index contributed by atoms with van der Waals surface area (Å²) in [5, 5.41) is 0. The molecule has 1 saturated heterocycles. The van der Waals surface area contributed by atoms with E-state index in [0.717, 1.165) is 42.0 Å². The number of nitrogens with zero attached hydrogens (tertiary/aromatic N) is 2. The van der Waals surface area contributed by atoms with Crippen molar-refractivity contribution >= 4 is 21.4 Å². The zero-order chi connectivity index (χ0) is 11.0. The molecule has 0 spiro atoms. The van der Waals surface area contributed by atoms with Gasteiger partial charge in [-0.25, -0.2) is 4.98 Å². The number of imidazole rings is 1. The second-order valence-corrected chi connectivity index (χ2v) is 5.03. The Labute approximate surface area is 103 Å². The van der Waals surface area contributed by atoms with Gasteiger partial charge in [-0.05, 0) is 40.4 Å². The fourth-order valence-electron chi connectivity index (χ4n) is 2.22. The smallest absolute Gasteiger partial charge is 0.114 e. The van der Waals surface area contributed by atoms with E-state index in [4.69, 9.17) is 4.74 Å². The highest BCUT2D eigenvalue weighted by Gasteiger charge is 2.18. The minimum absolute atomic E-state index is 0.623. The molecule has 3 nitrogen and oxygen atoms in total. The molecule has 2 aromatic rings. The van der Waals surface area contributed by atoms with E-state index in [2.05, 4.69) is 31.4 Å². The lowest BCUT2D eigenvalue weighted by Crippen LogP contribution is -2.07. The molecule has 1 aliphatic heterocycles. The fraction of sp³-hybridized carbons (Fsp3) is 0.417. The summed E-state index contributed by atoms with van der Waals surface area (Å²) < 4.78 is 8.63. The van der Waals surface area contributed by atoms with Gasteiger partial charge >= 0.3 is 0 Å². The van der Waals surface area contributed by atoms with Gasteiger partial charge < -0.3 is 4.74 Å². The molecule has 1 aliphatic rings. The zero-order valence-electron chi connectivity index (χ0n) is 8.90. The van der Waals surface area contributed by atoms with Gasteiger partial charge in [0.1, 0.15) is 5.82 Å². The van der Waals surface area contributed by atoms with Crippen molar-refractivity contribution in [1.29, 1.82) is 0 Å². The molecule has 0 saturated carbocycles. The number of hydrogen-bond acceptors (Lipinski definition) is 2. The Morgan fingerprint density at radius 2 is 2.44 bits per heavy atom. The number of rotatable bonds is 2. The number of hydrogen-bond donors (Lipinski definition) is 0. The van der Waals surface area contributed by atoms with Crippen molar-refractivity contribution < 1.29 is 4.74 Å². The Bertz CT molecular complexity index is 503. The van der Waals surface area contributed by atoms with E-state index in [1.165, 1.54) is 0 Å². The molecule has 16 heavy (non-hydrogen) atoms. The van der Waals surface area contributed by atoms with Crippen molar-refractivity contribution in [2.24, 2.45) is 5.92 Å². The summed E-state index contributed by atoms with van der Waals surface area (Å²) in [5.41, 5.74) is 1.14. The molecule has 0 aromatic carbocycles. The van der Waals surface area contributed by atoms with Gasteiger partial charge in [0.05, 0.1) is 16.3 Å². The summed E-state index contributed by atoms with van der Waals surface area (Å²) in [5.74, 6) is 1.75. The van der Waals surface area contributed by atoms with E-state index >= 15 is 0 Å². The minimum atomic E-state index is 0.623. The van der Waals surface area contributed by atoms with Gasteiger partial charge in [-0.1, -0.05) is 6.07 Å². The van der Waals surface area contributed by atoms with Crippen molar-refractivity contribution in [2.75, 3.05) is 13.2 Å². The lowest BCUT2D eigenvalue weighted by atomic mass is 10.1. The highest BCUT2D eigenvalue weighted by molar-refractivity contribution is 9.10. The predicted octanol–water partition coefficient (Wildman–Crippen LogP) is 2.68. The molecule has 84 valence electrons. The molecule has 0 aliphatic carbocycles. The summed E-state index contributed by atoms with van der Waals surface area (Å²) in [6, 6.07) is 6.15. The van der Waals surface area contributed by atoms with Crippen LogP contribution in [0.3, 0.4) is 0 Å². The van der Waals surface area contributed by atoms with E-state index in [1.807, 2.05) is 18.3 Å². The third-order valence-corrected chi connectivity index (χ3v) is 3.69. The number of pyridine rings is 1. The maximum atomic E-state index is 5.40. The van der Waals surface area contributed by atoms with Crippen LogP contribution in [0.15, 0.2) is 29.0 Å². The van der Waals surface area contributed by atoms with Crippen LogP contribution in [-0.2, 0) is 11.2 Å². The summed E-state index contributed by atoms with van der Waals surface area (Å²) in [7, 11) is 0. The van der Waals surface area contributed by atoms with E-state index in [1.54, 1.807) is 0 Å². The molecular formula is C12H13BrN2O. The molecule has 4 heteroatoms. The van der Waals surface area contributed by atoms with Crippen LogP contribution in [0.2, 0.25) is 0 Å². The molecule has 0 N–H and O–H groups in total. The van der Waals surface area contributed by atoms with E-state index in [9.17, 15) is 0 Å². The van der Waals surface area contributed by atoms with Gasteiger partial charge in [-0.15, -0.1) is 0 Å². The summed E-state index contributed by atoms with van der Waals surface area (Å²) >= 11 is 3.57. The van der Waals surface area contributed by atoms with E-state index in [0.29, 0.717) is 5.92 Å². The Morgan fingerprint density at radius 3 is 3.25 bits per heavy atom. The zero-order valence-corrected chi connectivity index (χ0v) is 10.5. The molecule has 3 rings (SSSR count). The van der Waals surface area contributed by atoms with Gasteiger partial charge in [-0.3, -0.25) is 4.40 Å². The SMILES string of the molecule is Brc1cccc2cnc(CC3CCOC3)n12. The average molecular weight is 281 g/mol. The van der Waals surface area contributed by atoms with Crippen LogP contribution in [0.1, 0.15) is 12.2 Å². The summed E-state index contributed by atoms with van der Waals surface area (Å²) in [6.07, 6.45) is 4.08. The van der Waals surface area contributed by atoms with Crippen LogP contribution < -0.4 is 0 Å². The van der Waals surface area contributed by atoms with Crippen LogP contribution in [0.25, 0.3) is 5.52 Å². The van der Waals surface area contributed by atoms with Crippen LogP contribution in [0.4, 0.5) is 0 Å². The fourth-order valence-corrected chi connectivity index (χ4v) is 2.78. The lowest BCUT2D eigenvalue weighted by Gasteiger charge is -2.07. The largest absolute Gasteiger partial charge is 0.381 e. The van der Waals surface area contributed by atoms with Gasteiger partial charge in [0, 0.05) is 19.6 Å². The lowest BCUT2D eigenvalue weighted by molar-refractivity contribution is 0.185. The molecule has 0 amide bonds. The van der Waals surface area contributed by atoms with Crippen LogP contribution in [-0.4, -0.2) is 22.6 Å². The molecule has 1 fully saturated rings. The summed E-state index contributed by atoms with van der Waals surface area (Å²) in [6.45, 7) is 1.77. The minimum Gasteiger partial charge on any atom is -0.381 e. The molecule has 0 bridgehead atoms. The quantitative estimate of drug-likeness (QED) is 0.791. The first-order valence-corrected chi connectivity index (χ1v) is 6.32. The van der Waals surface area contributed by atoms with Crippen LogP contribution in [0, 0.1) is 5.92 Å². The Morgan fingerprint density at radius 1 is 1.50 bits per heavy atom. The maximum absolute atomic E-state index is 5.40. The monoisotopic (exact) mass is 280 g/mol. The third-order valence-electron chi connectivity index (χ3n) is 3.07. The number of aromatic nitrogens is 2. The number of halogens is 1. The second kappa shape index (κ2) is 4.18. The van der Waals surface area contributed by atoms with Crippen molar-refractivity contribution in [3.63, 3.8) is 0 Å². The molecule has 1 atom stereocenters. The van der Waals surface area contributed by atoms with Crippen molar-refractivity contribution in [1.82, 2.24) is 9.38 Å². The van der Waals surface area contributed by atoms with E-state index in [-0.39, 0.29) is 0 Å². The summed E-state index contributed by atoms with van der Waals surface area (Å²) in [4.78, 5) is 4.50. The average Bonchev–Trinajstić information content (AvgIpc) is 2.90. The topological polar surface area (TPSA) is 26.5 Å². The van der Waals surface area contributed by atoms with E-state index < -0.39 is 0 Å². The predicted molar refractivity (Wildman–Crippen MR) is 65.5 cm³/mol. The molecule has 1 unspecified atom stereocenters. The highest BCUT2D eigenvalue weighted by Crippen LogP contribution is 2.21. The Kier molecular flexibility index (Phi) is 2.69. The third kappa shape index (κ3) is 1.76. The first-order valence-electron chi connectivity index (χ1n) is 5.53. The first kappa shape index (κ1) is 10.3. The van der Waals surface area contributed by atoms with Gasteiger partial charge in [0.2, 0.25) is 0 Å². The Balaban J connectivity index is 1.97. The van der Waals surface area contributed by atoms with Crippen molar-refractivity contribution in [3.8, 4) is 0 Å². The highest BCUT2D eigenvalue weighted by atomic mass is 79.9. The van der Waals surface area contributed by atoms with Gasteiger partial charge in [0.15, 0.2) is 0 Å². The molecule has 0 radical (unpaired) electrons. The molecular weight excluding hydrogens is 268 g/mol. The first-order chi connectivity index (χ1) is 7.84.